The third-order valence-electron chi connectivity index (χ3n) is 2.18. The molecule has 0 radical (unpaired) electrons. The van der Waals surface area contributed by atoms with Crippen molar-refractivity contribution in [3.05, 3.63) is 16.3 Å². The molecule has 5 heteroatoms. The fraction of sp³-hybridized carbons (Fsp3) is 0.600. The van der Waals surface area contributed by atoms with Crippen LogP contribution in [0.2, 0.25) is 0 Å². The van der Waals surface area contributed by atoms with Crippen LogP contribution >= 0.6 is 12.2 Å². The van der Waals surface area contributed by atoms with Gasteiger partial charge in [0.05, 0.1) is 12.3 Å². The van der Waals surface area contributed by atoms with Crippen molar-refractivity contribution in [1.82, 2.24) is 4.98 Å². The Morgan fingerprint density at radius 3 is 2.60 bits per heavy atom. The molecular weight excluding hydrogens is 214 g/mol. The third-order valence-corrected chi connectivity index (χ3v) is 2.36. The van der Waals surface area contributed by atoms with E-state index in [1.54, 1.807) is 20.8 Å². The largest absolute Gasteiger partial charge is 0.465 e. The van der Waals surface area contributed by atoms with Crippen molar-refractivity contribution in [2.75, 3.05) is 6.61 Å². The molecule has 0 saturated carbocycles. The molecule has 84 valence electrons. The summed E-state index contributed by atoms with van der Waals surface area (Å²) in [5.74, 6) is 0.219. The summed E-state index contributed by atoms with van der Waals surface area (Å²) in [6, 6.07) is 0. The van der Waals surface area contributed by atoms with Gasteiger partial charge in [-0.05, 0) is 39.9 Å². The highest BCUT2D eigenvalue weighted by Crippen LogP contribution is 2.27. The first-order chi connectivity index (χ1) is 6.89. The summed E-state index contributed by atoms with van der Waals surface area (Å²) in [6.07, 6.45) is 0. The van der Waals surface area contributed by atoms with Crippen LogP contribution in [0.25, 0.3) is 0 Å². The molecule has 4 nitrogen and oxygen atoms in total. The standard InChI is InChI=1S/C10H15NO3S/c1-5-13-8(12)10(3,4)7-6(2)11-9(15)14-7/h5H2,1-4H3,(H,11,15). The van der Waals surface area contributed by atoms with Gasteiger partial charge in [-0.15, -0.1) is 0 Å². The van der Waals surface area contributed by atoms with Crippen LogP contribution in [0.4, 0.5) is 0 Å². The van der Waals surface area contributed by atoms with E-state index < -0.39 is 5.41 Å². The van der Waals surface area contributed by atoms with E-state index in [9.17, 15) is 4.79 Å². The first-order valence-corrected chi connectivity index (χ1v) is 5.17. The van der Waals surface area contributed by atoms with E-state index in [4.69, 9.17) is 21.4 Å². The second-order valence-electron chi connectivity index (χ2n) is 3.81. The van der Waals surface area contributed by atoms with Gasteiger partial charge in [0.1, 0.15) is 11.2 Å². The molecule has 0 unspecified atom stereocenters. The van der Waals surface area contributed by atoms with E-state index in [1.807, 2.05) is 6.92 Å². The molecule has 0 fully saturated rings. The predicted molar refractivity (Wildman–Crippen MR) is 58.3 cm³/mol. The SMILES string of the molecule is CCOC(=O)C(C)(C)c1oc(=S)[nH]c1C. The number of aryl methyl sites for hydroxylation is 1. The Labute approximate surface area is 93.6 Å². The van der Waals surface area contributed by atoms with Gasteiger partial charge in [0.25, 0.3) is 4.84 Å². The zero-order chi connectivity index (χ0) is 11.6. The maximum Gasteiger partial charge on any atom is 0.319 e. The van der Waals surface area contributed by atoms with Gasteiger partial charge in [-0.1, -0.05) is 0 Å². The molecule has 0 saturated heterocycles. The number of nitrogens with one attached hydrogen (secondary N) is 1. The lowest BCUT2D eigenvalue weighted by Crippen LogP contribution is -2.31. The Morgan fingerprint density at radius 2 is 2.20 bits per heavy atom. The molecule has 0 amide bonds. The smallest absolute Gasteiger partial charge is 0.319 e. The number of hydrogen-bond acceptors (Lipinski definition) is 4. The highest BCUT2D eigenvalue weighted by Gasteiger charge is 2.36. The molecule has 0 bridgehead atoms. The minimum Gasteiger partial charge on any atom is -0.465 e. The minimum atomic E-state index is -0.812. The van der Waals surface area contributed by atoms with E-state index >= 15 is 0 Å². The molecule has 1 aromatic heterocycles. The van der Waals surface area contributed by atoms with Crippen molar-refractivity contribution in [1.29, 1.82) is 0 Å². The quantitative estimate of drug-likeness (QED) is 0.639. The molecule has 0 spiro atoms. The number of rotatable bonds is 3. The van der Waals surface area contributed by atoms with Gasteiger partial charge >= 0.3 is 5.97 Å². The van der Waals surface area contributed by atoms with Crippen molar-refractivity contribution >= 4 is 18.2 Å². The number of H-pyrrole nitrogens is 1. The Kier molecular flexibility index (Phi) is 3.34. The molecule has 1 rings (SSSR count). The molecule has 15 heavy (non-hydrogen) atoms. The van der Waals surface area contributed by atoms with Crippen molar-refractivity contribution < 1.29 is 13.9 Å². The minimum absolute atomic E-state index is 0.278. The average molecular weight is 229 g/mol. The van der Waals surface area contributed by atoms with Crippen LogP contribution in [0.5, 0.6) is 0 Å². The number of ether oxygens (including phenoxy) is 1. The number of aromatic nitrogens is 1. The summed E-state index contributed by atoms with van der Waals surface area (Å²) in [5.41, 5.74) is -0.0498. The van der Waals surface area contributed by atoms with Crippen molar-refractivity contribution in [3.8, 4) is 0 Å². The topological polar surface area (TPSA) is 55.2 Å². The summed E-state index contributed by atoms with van der Waals surface area (Å²) < 4.78 is 10.3. The lowest BCUT2D eigenvalue weighted by Gasteiger charge is -2.19. The summed E-state index contributed by atoms with van der Waals surface area (Å²) in [7, 11) is 0. The van der Waals surface area contributed by atoms with E-state index in [-0.39, 0.29) is 10.8 Å². The fourth-order valence-corrected chi connectivity index (χ4v) is 1.64. The van der Waals surface area contributed by atoms with Crippen molar-refractivity contribution in [2.45, 2.75) is 33.1 Å². The van der Waals surface area contributed by atoms with Crippen LogP contribution in [0.3, 0.4) is 0 Å². The molecule has 0 aliphatic heterocycles. The van der Waals surface area contributed by atoms with Gasteiger partial charge in [-0.25, -0.2) is 0 Å². The predicted octanol–water partition coefficient (Wildman–Crippen LogP) is 2.49. The number of carbonyl (C=O) groups is 1. The summed E-state index contributed by atoms with van der Waals surface area (Å²) in [6.45, 7) is 7.44. The van der Waals surface area contributed by atoms with Gasteiger partial charge in [0, 0.05) is 0 Å². The van der Waals surface area contributed by atoms with Crippen LogP contribution in [0, 0.1) is 11.8 Å². The maximum atomic E-state index is 11.7. The van der Waals surface area contributed by atoms with E-state index in [0.29, 0.717) is 12.4 Å². The molecule has 0 aromatic carbocycles. The Bertz CT molecular complexity index is 417. The lowest BCUT2D eigenvalue weighted by atomic mass is 9.89. The molecule has 0 aliphatic carbocycles. The first kappa shape index (κ1) is 12.0. The van der Waals surface area contributed by atoms with Gasteiger partial charge in [0.2, 0.25) is 0 Å². The number of oxazole rings is 1. The number of hydrogen-bond donors (Lipinski definition) is 1. The fourth-order valence-electron chi connectivity index (χ4n) is 1.41. The summed E-state index contributed by atoms with van der Waals surface area (Å²) >= 11 is 4.87. The molecule has 1 heterocycles. The molecule has 0 aliphatic rings. The lowest BCUT2D eigenvalue weighted by molar-refractivity contribution is -0.149. The normalized spacial score (nSPS) is 11.5. The molecule has 0 atom stereocenters. The second-order valence-corrected chi connectivity index (χ2v) is 4.18. The number of carbonyl (C=O) groups excluding carboxylic acids is 1. The van der Waals surface area contributed by atoms with Gasteiger partial charge < -0.3 is 14.1 Å². The van der Waals surface area contributed by atoms with Crippen LogP contribution in [-0.4, -0.2) is 17.6 Å². The van der Waals surface area contributed by atoms with E-state index in [1.165, 1.54) is 0 Å². The average Bonchev–Trinajstić information content (AvgIpc) is 2.46. The van der Waals surface area contributed by atoms with Crippen molar-refractivity contribution in [2.24, 2.45) is 0 Å². The Balaban J connectivity index is 3.10. The van der Waals surface area contributed by atoms with Crippen LogP contribution in [0.1, 0.15) is 32.2 Å². The zero-order valence-electron chi connectivity index (χ0n) is 9.34. The summed E-state index contributed by atoms with van der Waals surface area (Å²) in [5, 5.41) is 0. The van der Waals surface area contributed by atoms with E-state index in [0.717, 1.165) is 5.69 Å². The maximum absolute atomic E-state index is 11.7. The number of esters is 1. The number of aromatic amines is 1. The Hall–Kier alpha value is -1.10. The molecule has 1 aromatic rings. The van der Waals surface area contributed by atoms with Crippen LogP contribution in [0.15, 0.2) is 4.42 Å². The second kappa shape index (κ2) is 4.18. The third kappa shape index (κ3) is 2.28. The van der Waals surface area contributed by atoms with E-state index in [2.05, 4.69) is 4.98 Å². The van der Waals surface area contributed by atoms with Gasteiger partial charge in [-0.2, -0.15) is 0 Å². The highest BCUT2D eigenvalue weighted by molar-refractivity contribution is 7.71. The first-order valence-electron chi connectivity index (χ1n) is 4.77. The Morgan fingerprint density at radius 1 is 1.60 bits per heavy atom. The summed E-state index contributed by atoms with van der Waals surface area (Å²) in [4.78, 5) is 14.8. The van der Waals surface area contributed by atoms with Crippen molar-refractivity contribution in [3.63, 3.8) is 0 Å². The van der Waals surface area contributed by atoms with Crippen LogP contribution in [-0.2, 0) is 14.9 Å². The molecular formula is C10H15NO3S. The zero-order valence-corrected chi connectivity index (χ0v) is 10.2. The van der Waals surface area contributed by atoms with Gasteiger partial charge in [0.15, 0.2) is 0 Å². The molecule has 1 N–H and O–H groups in total. The monoisotopic (exact) mass is 229 g/mol. The highest BCUT2D eigenvalue weighted by atomic mass is 32.1. The van der Waals surface area contributed by atoms with Gasteiger partial charge in [-0.3, -0.25) is 4.79 Å². The van der Waals surface area contributed by atoms with Crippen LogP contribution < -0.4 is 0 Å².